The van der Waals surface area contributed by atoms with Gasteiger partial charge in [0.1, 0.15) is 79.2 Å². The molecule has 8 heterocycles. The van der Waals surface area contributed by atoms with Crippen molar-refractivity contribution in [3.8, 4) is 0 Å². The number of aliphatic carboxylic acids is 1. The minimum Gasteiger partial charge on any atom is -0.480 e. The van der Waals surface area contributed by atoms with Crippen molar-refractivity contribution in [2.75, 3.05) is 72.5 Å². The molecule has 8 rings (SSSR count). The Balaban J connectivity index is 0.000000297. The fourth-order valence-corrected chi connectivity index (χ4v) is 8.45. The number of carbonyl (C=O) groups excluding carboxylic acids is 6. The van der Waals surface area contributed by atoms with Gasteiger partial charge >= 0.3 is 30.2 Å². The first-order chi connectivity index (χ1) is 41.2. The summed E-state index contributed by atoms with van der Waals surface area (Å²) >= 11 is 0. The lowest BCUT2D eigenvalue weighted by molar-refractivity contribution is -0.769. The topological polar surface area (TPSA) is 573 Å². The van der Waals surface area contributed by atoms with E-state index in [1.54, 1.807) is 41.5 Å². The van der Waals surface area contributed by atoms with E-state index in [4.69, 9.17) is 72.6 Å². The maximum Gasteiger partial charge on any atom is 0.408 e. The second-order valence-corrected chi connectivity index (χ2v) is 20.6. The molecule has 8 aliphatic heterocycles. The molecule has 8 fully saturated rings. The van der Waals surface area contributed by atoms with Crippen LogP contribution in [0.15, 0.2) is 17.5 Å². The number of primary amides is 1. The maximum atomic E-state index is 11.7. The number of aliphatic hydroxyl groups is 1. The van der Waals surface area contributed by atoms with Gasteiger partial charge in [-0.1, -0.05) is 7.43 Å². The Hall–Kier alpha value is -8.46. The number of carbonyl (C=O) groups is 6. The van der Waals surface area contributed by atoms with E-state index in [0.29, 0.717) is 0 Å². The summed E-state index contributed by atoms with van der Waals surface area (Å²) in [6.07, 6.45) is -12.6. The SMILES string of the molecule is C.C=C(N=C=O)OOC(C)(C)C.CC(C)(C)OC(=O)CNC(=O)O[C@H]1CO[C@H]2[C@@H]1OC[C@H]2O[N+](=O)[O-].NC(=O)CNC(=O)O[C@H]1CO[C@H]2[C@@H]1OC[C@H]2O[N+](=O)[O-].O=C(O)CNC(=O)O[C@H]1CO[C@H]2[C@@H]1OC[C@H]2O[N+](=O)[O-].O=[N+]([O-])O[C@@H]1CO[C@H]2[C@@H]1OC[C@@H]2O. The number of isocyanates is 1. The van der Waals surface area contributed by atoms with E-state index in [-0.39, 0.29) is 79.3 Å². The number of carboxylic acids is 1. The van der Waals surface area contributed by atoms with Gasteiger partial charge in [0.2, 0.25) is 12.0 Å². The molecule has 7 N–H and O–H groups in total. The van der Waals surface area contributed by atoms with Crippen LogP contribution < -0.4 is 21.7 Å². The molecule has 0 saturated carbocycles. The predicted octanol–water partition coefficient (Wildman–Crippen LogP) is -2.82. The highest BCUT2D eigenvalue weighted by Crippen LogP contribution is 2.33. The van der Waals surface area contributed by atoms with Gasteiger partial charge in [0, 0.05) is 0 Å². The number of amides is 4. The maximum absolute atomic E-state index is 11.7. The molecule has 0 aromatic carbocycles. The number of carboxylic acid groups (broad SMARTS) is 1. The summed E-state index contributed by atoms with van der Waals surface area (Å²) in [6.45, 7) is 12.7. The van der Waals surface area contributed by atoms with Gasteiger partial charge in [-0.05, 0) is 48.1 Å². The van der Waals surface area contributed by atoms with Gasteiger partial charge in [0.25, 0.3) is 26.2 Å². The number of rotatable bonds is 20. The van der Waals surface area contributed by atoms with Gasteiger partial charge in [0.15, 0.2) is 42.7 Å². The smallest absolute Gasteiger partial charge is 0.408 e. The molecule has 16 atom stereocenters. The van der Waals surface area contributed by atoms with E-state index in [0.717, 1.165) is 0 Å². The van der Waals surface area contributed by atoms with Gasteiger partial charge in [0.05, 0.1) is 59.4 Å². The predicted molar refractivity (Wildman–Crippen MR) is 275 cm³/mol. The molecule has 0 unspecified atom stereocenters. The Morgan fingerprint density at radius 3 is 1.16 bits per heavy atom. The van der Waals surface area contributed by atoms with Crippen LogP contribution in [0.5, 0.6) is 0 Å². The van der Waals surface area contributed by atoms with Crippen molar-refractivity contribution < 1.29 is 150 Å². The number of hydrogen-bond acceptors (Lipinski definition) is 35. The Bertz CT molecular complexity index is 2420. The van der Waals surface area contributed by atoms with Crippen LogP contribution in [0.25, 0.3) is 0 Å². The lowest BCUT2D eigenvalue weighted by Crippen LogP contribution is -2.40. The molecule has 0 bridgehead atoms. The summed E-state index contributed by atoms with van der Waals surface area (Å²) < 4.78 is 62.1. The molecule has 8 saturated heterocycles. The molecule has 0 aromatic rings. The van der Waals surface area contributed by atoms with E-state index in [1.165, 1.54) is 6.08 Å². The lowest BCUT2D eigenvalue weighted by Gasteiger charge is -2.20. The van der Waals surface area contributed by atoms with Crippen molar-refractivity contribution in [3.63, 3.8) is 0 Å². The highest BCUT2D eigenvalue weighted by atomic mass is 17.2. The third-order valence-corrected chi connectivity index (χ3v) is 11.7. The zero-order valence-corrected chi connectivity index (χ0v) is 47.4. The van der Waals surface area contributed by atoms with Crippen molar-refractivity contribution in [1.29, 1.82) is 0 Å². The lowest BCUT2D eigenvalue weighted by atomic mass is 10.1. The van der Waals surface area contributed by atoms with Crippen molar-refractivity contribution in [1.82, 2.24) is 16.0 Å². The van der Waals surface area contributed by atoms with Crippen LogP contribution in [-0.4, -0.2) is 254 Å². The number of aliphatic imine (C=N–C) groups is 1. The fourth-order valence-electron chi connectivity index (χ4n) is 8.45. The summed E-state index contributed by atoms with van der Waals surface area (Å²) in [7, 11) is 0. The third kappa shape index (κ3) is 25.7. The molecule has 504 valence electrons. The van der Waals surface area contributed by atoms with Crippen LogP contribution in [0.2, 0.25) is 0 Å². The zero-order chi connectivity index (χ0) is 65.6. The van der Waals surface area contributed by atoms with Gasteiger partial charge in [-0.3, -0.25) is 14.4 Å². The van der Waals surface area contributed by atoms with Crippen LogP contribution >= 0.6 is 0 Å². The normalized spacial score (nSPS) is 29.4. The number of aliphatic hydroxyl groups excluding tert-OH is 1. The molecule has 8 aliphatic rings. The van der Waals surface area contributed by atoms with Gasteiger partial charge < -0.3 is 113 Å². The largest absolute Gasteiger partial charge is 0.480 e. The highest BCUT2D eigenvalue weighted by molar-refractivity contribution is 5.80. The number of esters is 1. The number of nitrogens with one attached hydrogen (secondary N) is 3. The second-order valence-electron chi connectivity index (χ2n) is 20.6. The highest BCUT2D eigenvalue weighted by Gasteiger charge is 2.54. The molecule has 0 radical (unpaired) electrons. The van der Waals surface area contributed by atoms with E-state index in [9.17, 15) is 79.1 Å². The van der Waals surface area contributed by atoms with Crippen LogP contribution in [-0.2, 0) is 105 Å². The molecule has 0 aliphatic carbocycles. The molecule has 4 amide bonds. The summed E-state index contributed by atoms with van der Waals surface area (Å²) in [6, 6.07) is 0. The first kappa shape index (κ1) is 74.8. The minimum absolute atomic E-state index is 0. The number of alkyl carbamates (subject to hydrolysis) is 3. The molecular formula is C45H69N9O35. The van der Waals surface area contributed by atoms with E-state index in [2.05, 4.69) is 46.4 Å². The average Bonchev–Trinajstić information content (AvgIpc) is 2.48. The minimum atomic E-state index is -1.21. The summed E-state index contributed by atoms with van der Waals surface area (Å²) in [5.74, 6) is -2.62. The van der Waals surface area contributed by atoms with E-state index < -0.39 is 172 Å². The molecule has 44 heteroatoms. The Morgan fingerprint density at radius 1 is 0.539 bits per heavy atom. The van der Waals surface area contributed by atoms with Crippen molar-refractivity contribution in [2.45, 2.75) is 158 Å². The number of ether oxygens (including phenoxy) is 12. The van der Waals surface area contributed by atoms with Crippen LogP contribution in [0, 0.1) is 40.5 Å². The number of nitrogens with zero attached hydrogens (tertiary/aromatic N) is 5. The van der Waals surface area contributed by atoms with E-state index >= 15 is 0 Å². The summed E-state index contributed by atoms with van der Waals surface area (Å²) in [4.78, 5) is 147. The molecular weight excluding hydrogens is 1230 g/mol. The van der Waals surface area contributed by atoms with Crippen molar-refractivity contribution in [3.05, 3.63) is 52.9 Å². The number of hydrogen-bond donors (Lipinski definition) is 6. The van der Waals surface area contributed by atoms with Crippen molar-refractivity contribution in [2.24, 2.45) is 10.7 Å². The quantitative estimate of drug-likeness (QED) is 0.0105. The van der Waals surface area contributed by atoms with Crippen molar-refractivity contribution >= 4 is 42.2 Å². The first-order valence-corrected chi connectivity index (χ1v) is 25.8. The summed E-state index contributed by atoms with van der Waals surface area (Å²) in [5.41, 5.74) is 3.76. The molecule has 44 nitrogen and oxygen atoms in total. The van der Waals surface area contributed by atoms with Gasteiger partial charge in [-0.25, -0.2) is 19.2 Å². The monoisotopic (exact) mass is 1300 g/mol. The summed E-state index contributed by atoms with van der Waals surface area (Å²) in [5, 5.41) is 61.4. The molecule has 89 heavy (non-hydrogen) atoms. The number of nitrogens with two attached hydrogens (primary N) is 1. The first-order valence-electron chi connectivity index (χ1n) is 25.8. The Morgan fingerprint density at radius 2 is 0.843 bits per heavy atom. The molecule has 0 aromatic heterocycles. The fraction of sp³-hybridized carbons (Fsp3) is 0.800. The number of fused-ring (bicyclic) bond motifs is 4. The third-order valence-electron chi connectivity index (χ3n) is 11.7. The second kappa shape index (κ2) is 34.9. The molecule has 0 spiro atoms. The van der Waals surface area contributed by atoms with E-state index in [1.807, 2.05) is 5.32 Å². The van der Waals surface area contributed by atoms with Crippen LogP contribution in [0.3, 0.4) is 0 Å². The Kier molecular flexibility index (Phi) is 29.3. The Labute approximate surface area is 501 Å². The van der Waals surface area contributed by atoms with Crippen LogP contribution in [0.1, 0.15) is 49.0 Å². The van der Waals surface area contributed by atoms with Gasteiger partial charge in [-0.2, -0.15) is 4.89 Å². The standard InChI is InChI=1S/C13H20N2O9.C9H13N3O8.C9H12N2O9.C7H11NO3.C6H9NO6.CH4/c1-13(2,3)23-9(16)4-14-12(17)22-7-5-20-11-8(24-15(18)19)6-21-10(7)11;10-6(13)1-11-9(14)19-4-2-17-8-5(20-12(15)16)3-18-7(4)8;12-6(13)1-10-9(14)19-4-2-17-8-5(20-11(15)16)3-18-7(4)8;1-6(8-5-9)10-11-7(2,3)4;8-3-1-11-6-4(13-7(9)10)2-12-5(3)6;/h7-8,10-11H,4-6H2,1-3H3,(H,14,17);4-5,7-8H,1-3H2,(H2,10,13)(H,11,14);4-5,7-8H,1-3H2,(H,10,14)(H,12,13);1H2,2-4H3;3-6,8H,1-2H2;1H4/t7-,8+,10+,11+;2*4-,5+,7+,8+;;3-,4+,5+,6+;/m000.0./s1. The zero-order valence-electron chi connectivity index (χ0n) is 47.4. The van der Waals surface area contributed by atoms with Crippen LogP contribution in [0.4, 0.5) is 14.4 Å². The average molecular weight is 1300 g/mol. The van der Waals surface area contributed by atoms with Gasteiger partial charge in [-0.15, -0.1) is 45.4 Å².